The molecule has 0 unspecified atom stereocenters. The maximum absolute atomic E-state index is 13.3. The normalized spacial score (nSPS) is 12.5. The van der Waals surface area contributed by atoms with Crippen molar-refractivity contribution in [3.63, 3.8) is 0 Å². The predicted octanol–water partition coefficient (Wildman–Crippen LogP) is 1.52. The van der Waals surface area contributed by atoms with E-state index in [-0.39, 0.29) is 0 Å². The van der Waals surface area contributed by atoms with Crippen molar-refractivity contribution in [2.24, 2.45) is 5.73 Å². The second-order valence-corrected chi connectivity index (χ2v) is 3.53. The van der Waals surface area contributed by atoms with Crippen LogP contribution in [0, 0.1) is 11.6 Å². The number of carboxylic acid groups (broad SMARTS) is 1. The summed E-state index contributed by atoms with van der Waals surface area (Å²) in [6, 6.07) is -1.16. The standard InChI is InChI=1S/C8H6BrF2NO3/c9-5-2(10)1-3(13)4(6(5)11)7(12)8(14)15/h1,7,13H,12H2,(H,14,15)/t7-/m0/s1. The van der Waals surface area contributed by atoms with Gasteiger partial charge in [0.1, 0.15) is 23.4 Å². The first-order valence-corrected chi connectivity index (χ1v) is 4.50. The fourth-order valence-electron chi connectivity index (χ4n) is 1.02. The van der Waals surface area contributed by atoms with Crippen molar-refractivity contribution in [2.75, 3.05) is 0 Å². The highest BCUT2D eigenvalue weighted by Gasteiger charge is 2.26. The molecule has 1 rings (SSSR count). The van der Waals surface area contributed by atoms with Crippen molar-refractivity contribution < 1.29 is 23.8 Å². The first kappa shape index (κ1) is 11.9. The number of phenolic OH excluding ortho intramolecular Hbond substituents is 1. The topological polar surface area (TPSA) is 83.6 Å². The molecule has 4 nitrogen and oxygen atoms in total. The van der Waals surface area contributed by atoms with Gasteiger partial charge in [-0.3, -0.25) is 4.79 Å². The number of hydrogen-bond acceptors (Lipinski definition) is 3. The van der Waals surface area contributed by atoms with E-state index >= 15 is 0 Å². The summed E-state index contributed by atoms with van der Waals surface area (Å²) in [7, 11) is 0. The lowest BCUT2D eigenvalue weighted by molar-refractivity contribution is -0.138. The van der Waals surface area contributed by atoms with Crippen LogP contribution in [-0.4, -0.2) is 16.2 Å². The highest BCUT2D eigenvalue weighted by atomic mass is 79.9. The number of aromatic hydroxyl groups is 1. The Labute approximate surface area is 91.4 Å². The number of hydrogen-bond donors (Lipinski definition) is 3. The van der Waals surface area contributed by atoms with Crippen LogP contribution in [0.1, 0.15) is 11.6 Å². The van der Waals surface area contributed by atoms with Gasteiger partial charge in [0.15, 0.2) is 0 Å². The van der Waals surface area contributed by atoms with E-state index in [9.17, 15) is 18.7 Å². The molecule has 0 aromatic heterocycles. The van der Waals surface area contributed by atoms with Crippen molar-refractivity contribution in [3.8, 4) is 5.75 Å². The Kier molecular flexibility index (Phi) is 3.25. The summed E-state index contributed by atoms with van der Waals surface area (Å²) in [5.74, 6) is -4.61. The lowest BCUT2D eigenvalue weighted by Gasteiger charge is -2.11. The van der Waals surface area contributed by atoms with Crippen molar-refractivity contribution >= 4 is 21.9 Å². The van der Waals surface area contributed by atoms with Crippen LogP contribution >= 0.6 is 15.9 Å². The van der Waals surface area contributed by atoms with Crippen molar-refractivity contribution in [1.29, 1.82) is 0 Å². The molecule has 15 heavy (non-hydrogen) atoms. The first-order valence-electron chi connectivity index (χ1n) is 3.71. The molecule has 0 spiro atoms. The van der Waals surface area contributed by atoms with E-state index in [2.05, 4.69) is 15.9 Å². The summed E-state index contributed by atoms with van der Waals surface area (Å²) in [5, 5.41) is 17.7. The van der Waals surface area contributed by atoms with Crippen LogP contribution in [0.25, 0.3) is 0 Å². The highest BCUT2D eigenvalue weighted by molar-refractivity contribution is 9.10. The molecule has 0 bridgehead atoms. The maximum Gasteiger partial charge on any atom is 0.325 e. The smallest absolute Gasteiger partial charge is 0.325 e. The third-order valence-electron chi connectivity index (χ3n) is 1.76. The van der Waals surface area contributed by atoms with Crippen LogP contribution in [0.15, 0.2) is 10.5 Å². The van der Waals surface area contributed by atoms with E-state index in [1.165, 1.54) is 0 Å². The molecule has 82 valence electrons. The predicted molar refractivity (Wildman–Crippen MR) is 50.3 cm³/mol. The monoisotopic (exact) mass is 281 g/mol. The number of carboxylic acids is 1. The van der Waals surface area contributed by atoms with Crippen molar-refractivity contribution in [2.45, 2.75) is 6.04 Å². The van der Waals surface area contributed by atoms with Gasteiger partial charge in [0.05, 0.1) is 10.0 Å². The second kappa shape index (κ2) is 4.11. The quantitative estimate of drug-likeness (QED) is 0.718. The van der Waals surface area contributed by atoms with Crippen LogP contribution < -0.4 is 5.73 Å². The van der Waals surface area contributed by atoms with Crippen LogP contribution in [0.3, 0.4) is 0 Å². The minimum atomic E-state index is -1.75. The van der Waals surface area contributed by atoms with E-state index < -0.39 is 39.4 Å². The van der Waals surface area contributed by atoms with Gasteiger partial charge in [0.25, 0.3) is 0 Å². The Morgan fingerprint density at radius 3 is 2.53 bits per heavy atom. The summed E-state index contributed by atoms with van der Waals surface area (Å²) >= 11 is 2.57. The molecule has 1 aromatic rings. The van der Waals surface area contributed by atoms with Gasteiger partial charge in [-0.05, 0) is 15.9 Å². The molecule has 0 saturated heterocycles. The molecule has 0 aliphatic rings. The molecule has 4 N–H and O–H groups in total. The zero-order chi connectivity index (χ0) is 11.7. The maximum atomic E-state index is 13.3. The van der Waals surface area contributed by atoms with Gasteiger partial charge in [-0.15, -0.1) is 0 Å². The molecule has 0 aliphatic heterocycles. The van der Waals surface area contributed by atoms with Crippen LogP contribution in [-0.2, 0) is 4.79 Å². The average Bonchev–Trinajstić information content (AvgIpc) is 2.14. The largest absolute Gasteiger partial charge is 0.507 e. The van der Waals surface area contributed by atoms with E-state index in [1.807, 2.05) is 0 Å². The van der Waals surface area contributed by atoms with Crippen molar-refractivity contribution in [3.05, 3.63) is 27.7 Å². The first-order chi connectivity index (χ1) is 6.86. The van der Waals surface area contributed by atoms with Crippen molar-refractivity contribution in [1.82, 2.24) is 0 Å². The third-order valence-corrected chi connectivity index (χ3v) is 2.48. The highest BCUT2D eigenvalue weighted by Crippen LogP contribution is 2.33. The SMILES string of the molecule is N[C@H](C(=O)O)c1c(O)cc(F)c(Br)c1F. The van der Waals surface area contributed by atoms with E-state index in [4.69, 9.17) is 10.8 Å². The molecular weight excluding hydrogens is 276 g/mol. The number of rotatable bonds is 2. The Hall–Kier alpha value is -1.21. The molecule has 0 amide bonds. The fraction of sp³-hybridized carbons (Fsp3) is 0.125. The van der Waals surface area contributed by atoms with Crippen LogP contribution in [0.5, 0.6) is 5.75 Å². The zero-order valence-corrected chi connectivity index (χ0v) is 8.75. The molecule has 0 heterocycles. The van der Waals surface area contributed by atoms with Gasteiger partial charge in [0.2, 0.25) is 0 Å². The van der Waals surface area contributed by atoms with Gasteiger partial charge < -0.3 is 15.9 Å². The van der Waals surface area contributed by atoms with Crippen LogP contribution in [0.2, 0.25) is 0 Å². The lowest BCUT2D eigenvalue weighted by atomic mass is 10.1. The third kappa shape index (κ3) is 2.07. The molecule has 0 fully saturated rings. The number of carbonyl (C=O) groups is 1. The molecule has 0 radical (unpaired) electrons. The molecule has 0 saturated carbocycles. The number of benzene rings is 1. The van der Waals surface area contributed by atoms with Gasteiger partial charge in [-0.1, -0.05) is 0 Å². The molecule has 0 aliphatic carbocycles. The fourth-order valence-corrected chi connectivity index (χ4v) is 1.34. The Balaban J connectivity index is 3.42. The number of aliphatic carboxylic acids is 1. The zero-order valence-electron chi connectivity index (χ0n) is 7.17. The summed E-state index contributed by atoms with van der Waals surface area (Å²) in [4.78, 5) is 10.5. The van der Waals surface area contributed by atoms with Gasteiger partial charge in [-0.2, -0.15) is 0 Å². The number of nitrogens with two attached hydrogens (primary N) is 1. The minimum Gasteiger partial charge on any atom is -0.507 e. The molecular formula is C8H6BrF2NO3. The van der Waals surface area contributed by atoms with Gasteiger partial charge in [0, 0.05) is 6.07 Å². The second-order valence-electron chi connectivity index (χ2n) is 2.74. The molecule has 7 heteroatoms. The number of halogens is 3. The number of phenols is 1. The summed E-state index contributed by atoms with van der Waals surface area (Å²) in [6.45, 7) is 0. The minimum absolute atomic E-state index is 0.563. The Bertz CT molecular complexity index is 425. The van der Waals surface area contributed by atoms with Gasteiger partial charge >= 0.3 is 5.97 Å². The summed E-state index contributed by atoms with van der Waals surface area (Å²) < 4.78 is 25.6. The molecule has 1 aromatic carbocycles. The van der Waals surface area contributed by atoms with E-state index in [1.54, 1.807) is 0 Å². The lowest BCUT2D eigenvalue weighted by Crippen LogP contribution is -2.22. The average molecular weight is 282 g/mol. The Morgan fingerprint density at radius 1 is 1.53 bits per heavy atom. The van der Waals surface area contributed by atoms with Crippen LogP contribution in [0.4, 0.5) is 8.78 Å². The summed E-state index contributed by atoms with van der Waals surface area (Å²) in [5.41, 5.74) is 4.46. The Morgan fingerprint density at radius 2 is 2.07 bits per heavy atom. The molecule has 1 atom stereocenters. The van der Waals surface area contributed by atoms with E-state index in [0.29, 0.717) is 6.07 Å². The summed E-state index contributed by atoms with van der Waals surface area (Å²) in [6.07, 6.45) is 0. The van der Waals surface area contributed by atoms with Gasteiger partial charge in [-0.25, -0.2) is 8.78 Å². The van der Waals surface area contributed by atoms with E-state index in [0.717, 1.165) is 0 Å².